The average molecular weight is 580 g/mol. The fourth-order valence-corrected chi connectivity index (χ4v) is 4.44. The Labute approximate surface area is 189 Å². The Balaban J connectivity index is 0.00000121. The number of aliphatic hydroxyl groups excluding tert-OH is 1. The third-order valence-electron chi connectivity index (χ3n) is 5.82. The molecule has 2 aromatic rings. The lowest BCUT2D eigenvalue weighted by Crippen LogP contribution is -2.54. The maximum Gasteiger partial charge on any atom is 0.119 e. The van der Waals surface area contributed by atoms with Gasteiger partial charge in [0, 0.05) is 24.2 Å². The fourth-order valence-electron chi connectivity index (χ4n) is 4.44. The van der Waals surface area contributed by atoms with Crippen LogP contribution >= 0.6 is 48.0 Å². The molecule has 0 spiro atoms. The number of benzene rings is 1. The molecule has 3 aliphatic heterocycles. The number of pyridine rings is 1. The van der Waals surface area contributed by atoms with Gasteiger partial charge in [0.15, 0.2) is 0 Å². The fraction of sp³-hybridized carbons (Fsp3) is 0.450. The monoisotopic (exact) mass is 580 g/mol. The Hall–Kier alpha value is -0.450. The quantitative estimate of drug-likeness (QED) is 0.431. The van der Waals surface area contributed by atoms with Gasteiger partial charge in [0.1, 0.15) is 5.75 Å². The number of hydrogen-bond acceptors (Lipinski definition) is 4. The maximum atomic E-state index is 11.2. The summed E-state index contributed by atoms with van der Waals surface area (Å²) < 4.78 is 5.35. The highest BCUT2D eigenvalue weighted by Crippen LogP contribution is 2.42. The van der Waals surface area contributed by atoms with Crippen molar-refractivity contribution in [1.29, 1.82) is 0 Å². The minimum atomic E-state index is -0.504. The number of halogens is 2. The van der Waals surface area contributed by atoms with Crippen molar-refractivity contribution in [2.45, 2.75) is 25.0 Å². The predicted octanol–water partition coefficient (Wildman–Crippen LogP) is 4.41. The van der Waals surface area contributed by atoms with Crippen LogP contribution in [0.4, 0.5) is 0 Å². The highest BCUT2D eigenvalue weighted by atomic mass is 127. The van der Waals surface area contributed by atoms with E-state index in [9.17, 15) is 5.11 Å². The number of nitrogens with zero attached hydrogens (tertiary/aromatic N) is 2. The molecule has 26 heavy (non-hydrogen) atoms. The summed E-state index contributed by atoms with van der Waals surface area (Å²) in [6, 6.07) is 7.96. The normalized spacial score (nSPS) is 27.9. The van der Waals surface area contributed by atoms with Crippen molar-refractivity contribution >= 4 is 58.9 Å². The lowest BCUT2D eigenvalue weighted by Gasteiger charge is -2.50. The number of hydrogen-bond donors (Lipinski definition) is 1. The smallest absolute Gasteiger partial charge is 0.119 e. The Kier molecular flexibility index (Phi) is 7.70. The molecule has 4 heterocycles. The SMILES string of the molecule is C=C[C@H]1C[N@]2CC[C@H]1C[C@H]2[C@H](O)c1ccnc2ccc(OC)cc12.I.I. The van der Waals surface area contributed by atoms with E-state index >= 15 is 0 Å². The van der Waals surface area contributed by atoms with Gasteiger partial charge in [-0.05, 0) is 61.1 Å². The van der Waals surface area contributed by atoms with Crippen molar-refractivity contribution in [3.05, 3.63) is 48.7 Å². The lowest BCUT2D eigenvalue weighted by atomic mass is 9.73. The third kappa shape index (κ3) is 3.88. The second-order valence-corrected chi connectivity index (χ2v) is 6.97. The molecular weight excluding hydrogens is 554 g/mol. The minimum absolute atomic E-state index is 0. The van der Waals surface area contributed by atoms with Crippen LogP contribution in [0.25, 0.3) is 10.9 Å². The molecule has 4 nitrogen and oxygen atoms in total. The largest absolute Gasteiger partial charge is 0.497 e. The molecule has 1 aromatic heterocycles. The van der Waals surface area contributed by atoms with Crippen LogP contribution in [0.1, 0.15) is 24.5 Å². The van der Waals surface area contributed by atoms with Crippen LogP contribution < -0.4 is 4.74 Å². The molecule has 1 aromatic carbocycles. The number of aliphatic hydroxyl groups is 1. The first kappa shape index (κ1) is 21.8. The molecule has 142 valence electrons. The first-order valence-corrected chi connectivity index (χ1v) is 8.68. The van der Waals surface area contributed by atoms with E-state index < -0.39 is 6.10 Å². The summed E-state index contributed by atoms with van der Waals surface area (Å²) in [6.07, 6.45) is 5.62. The van der Waals surface area contributed by atoms with Gasteiger partial charge in [-0.2, -0.15) is 0 Å². The number of aromatic nitrogens is 1. The molecular formula is C20H26I2N2O2. The first-order valence-electron chi connectivity index (χ1n) is 8.68. The van der Waals surface area contributed by atoms with E-state index in [0.717, 1.165) is 41.7 Å². The molecule has 2 bridgehead atoms. The molecule has 5 rings (SSSR count). The Morgan fingerprint density at radius 3 is 2.81 bits per heavy atom. The van der Waals surface area contributed by atoms with Gasteiger partial charge in [0.25, 0.3) is 0 Å². The Morgan fingerprint density at radius 2 is 2.15 bits per heavy atom. The van der Waals surface area contributed by atoms with Gasteiger partial charge in [0.05, 0.1) is 18.7 Å². The summed E-state index contributed by atoms with van der Waals surface area (Å²) >= 11 is 0. The van der Waals surface area contributed by atoms with Crippen LogP contribution in [0.3, 0.4) is 0 Å². The molecule has 0 unspecified atom stereocenters. The van der Waals surface area contributed by atoms with Gasteiger partial charge in [0.2, 0.25) is 0 Å². The molecule has 0 aliphatic carbocycles. The van der Waals surface area contributed by atoms with Crippen molar-refractivity contribution in [1.82, 2.24) is 9.88 Å². The van der Waals surface area contributed by atoms with E-state index in [4.69, 9.17) is 4.74 Å². The van der Waals surface area contributed by atoms with Gasteiger partial charge in [-0.3, -0.25) is 9.88 Å². The van der Waals surface area contributed by atoms with E-state index in [1.165, 1.54) is 6.42 Å². The molecule has 0 saturated carbocycles. The number of piperidine rings is 3. The molecule has 3 fully saturated rings. The van der Waals surface area contributed by atoms with Crippen LogP contribution in [-0.4, -0.2) is 41.2 Å². The number of methoxy groups -OCH3 is 1. The lowest BCUT2D eigenvalue weighted by molar-refractivity contribution is -0.0444. The summed E-state index contributed by atoms with van der Waals surface area (Å²) in [5.41, 5.74) is 1.85. The van der Waals surface area contributed by atoms with Gasteiger partial charge in [-0.1, -0.05) is 6.08 Å². The standard InChI is InChI=1S/C20H24N2O2.2HI/c1-3-13-12-22-9-7-14(13)10-19(22)20(23)16-6-8-21-18-5-4-15(24-2)11-17(16)18;;/h3-6,8,11,13-14,19-20,23H,1,7,9-10,12H2,2H3;2*1H/t13-,14-,19-,20+;;/m0../s1. The van der Waals surface area contributed by atoms with E-state index in [-0.39, 0.29) is 54.0 Å². The van der Waals surface area contributed by atoms with Crippen LogP contribution in [0, 0.1) is 11.8 Å². The molecule has 0 amide bonds. The van der Waals surface area contributed by atoms with Crippen molar-refractivity contribution in [2.75, 3.05) is 20.2 Å². The van der Waals surface area contributed by atoms with Gasteiger partial charge in [-0.25, -0.2) is 0 Å². The second-order valence-electron chi connectivity index (χ2n) is 6.97. The summed E-state index contributed by atoms with van der Waals surface area (Å²) in [5.74, 6) is 2.01. The maximum absolute atomic E-state index is 11.2. The zero-order valence-corrected chi connectivity index (χ0v) is 19.5. The topological polar surface area (TPSA) is 45.6 Å². The summed E-state index contributed by atoms with van der Waals surface area (Å²) in [7, 11) is 1.66. The summed E-state index contributed by atoms with van der Waals surface area (Å²) in [5, 5.41) is 12.1. The van der Waals surface area contributed by atoms with Gasteiger partial charge < -0.3 is 9.84 Å². The molecule has 6 heteroatoms. The van der Waals surface area contributed by atoms with Crippen molar-refractivity contribution in [3.63, 3.8) is 0 Å². The molecule has 5 atom stereocenters. The zero-order chi connectivity index (χ0) is 16.7. The van der Waals surface area contributed by atoms with Crippen molar-refractivity contribution in [3.8, 4) is 5.75 Å². The highest BCUT2D eigenvalue weighted by Gasteiger charge is 2.42. The molecule has 0 radical (unpaired) electrons. The van der Waals surface area contributed by atoms with Gasteiger partial charge in [-0.15, -0.1) is 54.5 Å². The highest BCUT2D eigenvalue weighted by molar-refractivity contribution is 14.0. The van der Waals surface area contributed by atoms with E-state index in [2.05, 4.69) is 22.5 Å². The summed E-state index contributed by atoms with van der Waals surface area (Å²) in [4.78, 5) is 6.86. The Bertz CT molecular complexity index is 771. The third-order valence-corrected chi connectivity index (χ3v) is 5.82. The second kappa shape index (κ2) is 9.16. The van der Waals surface area contributed by atoms with E-state index in [1.807, 2.05) is 24.3 Å². The van der Waals surface area contributed by atoms with Crippen molar-refractivity contribution in [2.24, 2.45) is 11.8 Å². The molecule has 1 N–H and O–H groups in total. The van der Waals surface area contributed by atoms with Crippen LogP contribution in [-0.2, 0) is 0 Å². The predicted molar refractivity (Wildman–Crippen MR) is 126 cm³/mol. The van der Waals surface area contributed by atoms with Crippen LogP contribution in [0.2, 0.25) is 0 Å². The van der Waals surface area contributed by atoms with Crippen LogP contribution in [0.15, 0.2) is 43.1 Å². The van der Waals surface area contributed by atoms with E-state index in [1.54, 1.807) is 13.3 Å². The number of ether oxygens (including phenoxy) is 1. The minimum Gasteiger partial charge on any atom is -0.497 e. The van der Waals surface area contributed by atoms with Crippen LogP contribution in [0.5, 0.6) is 5.75 Å². The number of fused-ring (bicyclic) bond motifs is 4. The van der Waals surface area contributed by atoms with Gasteiger partial charge >= 0.3 is 0 Å². The average Bonchev–Trinajstić information content (AvgIpc) is 2.66. The summed E-state index contributed by atoms with van der Waals surface area (Å²) in [6.45, 7) is 6.07. The van der Waals surface area contributed by atoms with Crippen molar-refractivity contribution < 1.29 is 9.84 Å². The van der Waals surface area contributed by atoms with E-state index in [0.29, 0.717) is 11.8 Å². The number of rotatable bonds is 4. The zero-order valence-electron chi connectivity index (χ0n) is 14.9. The first-order chi connectivity index (χ1) is 11.7. The molecule has 3 saturated heterocycles. The molecule has 3 aliphatic rings. The Morgan fingerprint density at radius 1 is 1.35 bits per heavy atom.